The lowest BCUT2D eigenvalue weighted by Gasteiger charge is -2.32. The first-order valence-electron chi connectivity index (χ1n) is 5.89. The maximum absolute atomic E-state index is 12.0. The first-order chi connectivity index (χ1) is 7.90. The smallest absolute Gasteiger partial charge is 0.279 e. The molecule has 0 bridgehead atoms. The van der Waals surface area contributed by atoms with E-state index in [-0.39, 0.29) is 12.0 Å². The van der Waals surface area contributed by atoms with Gasteiger partial charge in [-0.1, -0.05) is 12.1 Å². The van der Waals surface area contributed by atoms with Gasteiger partial charge in [0.05, 0.1) is 5.71 Å². The van der Waals surface area contributed by atoms with E-state index in [1.807, 2.05) is 6.92 Å². The van der Waals surface area contributed by atoms with Crippen molar-refractivity contribution < 1.29 is 13.6 Å². The summed E-state index contributed by atoms with van der Waals surface area (Å²) in [5.41, 5.74) is 0.698. The molecule has 0 amide bonds. The van der Waals surface area contributed by atoms with Crippen LogP contribution in [0.2, 0.25) is 0 Å². The van der Waals surface area contributed by atoms with Crippen LogP contribution in [0.3, 0.4) is 0 Å². The number of nitrogens with zero attached hydrogens (tertiary/aromatic N) is 2. The lowest BCUT2D eigenvalue weighted by atomic mass is 9.95. The second-order valence-corrected chi connectivity index (χ2v) is 6.28. The van der Waals surface area contributed by atoms with Gasteiger partial charge in [0.15, 0.2) is 0 Å². The average molecular weight is 263 g/mol. The Balaban J connectivity index is 2.76. The molecule has 1 unspecified atom stereocenters. The highest BCUT2D eigenvalue weighted by Crippen LogP contribution is 2.19. The number of oxime groups is 1. The Labute approximate surface area is 103 Å². The zero-order valence-electron chi connectivity index (χ0n) is 10.5. The Morgan fingerprint density at radius 3 is 2.71 bits per heavy atom. The van der Waals surface area contributed by atoms with Gasteiger partial charge < -0.3 is 5.21 Å². The van der Waals surface area contributed by atoms with Gasteiger partial charge in [-0.25, -0.2) is 0 Å². The predicted molar refractivity (Wildman–Crippen MR) is 66.4 cm³/mol. The SMILES string of the molecule is CCC1CN(S(=O)(=O)NC(C)C)CCC1=NO. The molecule has 1 rings (SSSR count). The molecule has 1 aliphatic heterocycles. The summed E-state index contributed by atoms with van der Waals surface area (Å²) in [6, 6.07) is -0.118. The van der Waals surface area contributed by atoms with Crippen LogP contribution < -0.4 is 4.72 Å². The maximum Gasteiger partial charge on any atom is 0.279 e. The highest BCUT2D eigenvalue weighted by molar-refractivity contribution is 7.87. The molecular formula is C10H21N3O3S. The molecule has 0 radical (unpaired) electrons. The summed E-state index contributed by atoms with van der Waals surface area (Å²) >= 11 is 0. The monoisotopic (exact) mass is 263 g/mol. The number of piperidine rings is 1. The van der Waals surface area contributed by atoms with Crippen LogP contribution in [0.15, 0.2) is 5.16 Å². The molecule has 0 aromatic rings. The van der Waals surface area contributed by atoms with E-state index in [4.69, 9.17) is 5.21 Å². The van der Waals surface area contributed by atoms with Crippen molar-refractivity contribution in [3.8, 4) is 0 Å². The topological polar surface area (TPSA) is 82.0 Å². The van der Waals surface area contributed by atoms with Gasteiger partial charge in [-0.15, -0.1) is 0 Å². The Morgan fingerprint density at radius 1 is 1.59 bits per heavy atom. The molecule has 2 N–H and O–H groups in total. The predicted octanol–water partition coefficient (Wildman–Crippen LogP) is 0.791. The summed E-state index contributed by atoms with van der Waals surface area (Å²) in [5.74, 6) is 0.0116. The molecule has 6 nitrogen and oxygen atoms in total. The van der Waals surface area contributed by atoms with Crippen molar-refractivity contribution in [1.29, 1.82) is 0 Å². The van der Waals surface area contributed by atoms with Crippen molar-refractivity contribution in [2.24, 2.45) is 11.1 Å². The average Bonchev–Trinajstić information content (AvgIpc) is 2.26. The fraction of sp³-hybridized carbons (Fsp3) is 0.900. The molecule has 0 aliphatic carbocycles. The van der Waals surface area contributed by atoms with Crippen LogP contribution in [0.4, 0.5) is 0 Å². The van der Waals surface area contributed by atoms with Gasteiger partial charge in [-0.3, -0.25) is 0 Å². The van der Waals surface area contributed by atoms with Crippen molar-refractivity contribution in [3.05, 3.63) is 0 Å². The summed E-state index contributed by atoms with van der Waals surface area (Å²) in [6.45, 7) is 6.30. The molecule has 1 saturated heterocycles. The molecule has 7 heteroatoms. The molecule has 17 heavy (non-hydrogen) atoms. The van der Waals surface area contributed by atoms with Crippen molar-refractivity contribution in [2.75, 3.05) is 13.1 Å². The summed E-state index contributed by atoms with van der Waals surface area (Å²) in [5, 5.41) is 12.1. The molecule has 1 aliphatic rings. The molecule has 0 aromatic carbocycles. The number of hydrogen-bond donors (Lipinski definition) is 2. The van der Waals surface area contributed by atoms with Crippen LogP contribution in [0, 0.1) is 5.92 Å². The van der Waals surface area contributed by atoms with Gasteiger partial charge in [0.2, 0.25) is 0 Å². The third-order valence-electron chi connectivity index (χ3n) is 2.86. The van der Waals surface area contributed by atoms with Crippen molar-refractivity contribution >= 4 is 15.9 Å². The van der Waals surface area contributed by atoms with Crippen LogP contribution in [0.25, 0.3) is 0 Å². The zero-order chi connectivity index (χ0) is 13.1. The largest absolute Gasteiger partial charge is 0.411 e. The third-order valence-corrected chi connectivity index (χ3v) is 4.64. The van der Waals surface area contributed by atoms with E-state index in [1.54, 1.807) is 13.8 Å². The van der Waals surface area contributed by atoms with E-state index in [2.05, 4.69) is 9.88 Å². The van der Waals surface area contributed by atoms with Gasteiger partial charge in [-0.2, -0.15) is 17.4 Å². The minimum atomic E-state index is -3.41. The number of nitrogens with one attached hydrogen (secondary N) is 1. The van der Waals surface area contributed by atoms with Crippen LogP contribution in [-0.2, 0) is 10.2 Å². The fourth-order valence-electron chi connectivity index (χ4n) is 1.97. The van der Waals surface area contributed by atoms with E-state index in [9.17, 15) is 8.42 Å². The minimum absolute atomic E-state index is 0.0116. The van der Waals surface area contributed by atoms with Crippen molar-refractivity contribution in [1.82, 2.24) is 9.03 Å². The van der Waals surface area contributed by atoms with E-state index >= 15 is 0 Å². The maximum atomic E-state index is 12.0. The van der Waals surface area contributed by atoms with Gasteiger partial charge in [0.25, 0.3) is 10.2 Å². The van der Waals surface area contributed by atoms with E-state index in [0.29, 0.717) is 25.2 Å². The molecule has 1 atom stereocenters. The highest BCUT2D eigenvalue weighted by Gasteiger charge is 2.32. The first kappa shape index (κ1) is 14.4. The minimum Gasteiger partial charge on any atom is -0.411 e. The molecule has 100 valence electrons. The van der Waals surface area contributed by atoms with Crippen LogP contribution in [0.5, 0.6) is 0 Å². The quantitative estimate of drug-likeness (QED) is 0.581. The van der Waals surface area contributed by atoms with Crippen LogP contribution in [0.1, 0.15) is 33.6 Å². The van der Waals surface area contributed by atoms with Crippen molar-refractivity contribution in [2.45, 2.75) is 39.7 Å². The molecule has 0 aromatic heterocycles. The van der Waals surface area contributed by atoms with Gasteiger partial charge >= 0.3 is 0 Å². The third kappa shape index (κ3) is 3.65. The summed E-state index contributed by atoms with van der Waals surface area (Å²) in [4.78, 5) is 0. The zero-order valence-corrected chi connectivity index (χ0v) is 11.4. The normalized spacial score (nSPS) is 25.6. The Morgan fingerprint density at radius 2 is 2.24 bits per heavy atom. The summed E-state index contributed by atoms with van der Waals surface area (Å²) in [6.07, 6.45) is 1.26. The second-order valence-electron chi connectivity index (χ2n) is 4.58. The highest BCUT2D eigenvalue weighted by atomic mass is 32.2. The van der Waals surface area contributed by atoms with Crippen molar-refractivity contribution in [3.63, 3.8) is 0 Å². The van der Waals surface area contributed by atoms with Crippen LogP contribution >= 0.6 is 0 Å². The van der Waals surface area contributed by atoms with Crippen LogP contribution in [-0.4, -0.2) is 42.8 Å². The van der Waals surface area contributed by atoms with Gasteiger partial charge in [0, 0.05) is 31.5 Å². The first-order valence-corrected chi connectivity index (χ1v) is 7.33. The fourth-order valence-corrected chi connectivity index (χ4v) is 3.43. The van der Waals surface area contributed by atoms with E-state index in [0.717, 1.165) is 6.42 Å². The Kier molecular flexibility index (Phi) is 4.91. The van der Waals surface area contributed by atoms with E-state index in [1.165, 1.54) is 4.31 Å². The lowest BCUT2D eigenvalue weighted by molar-refractivity contribution is 0.294. The van der Waals surface area contributed by atoms with E-state index < -0.39 is 10.2 Å². The molecule has 0 spiro atoms. The van der Waals surface area contributed by atoms with Gasteiger partial charge in [0.1, 0.15) is 0 Å². The molecule has 1 fully saturated rings. The summed E-state index contributed by atoms with van der Waals surface area (Å²) < 4.78 is 27.9. The lowest BCUT2D eigenvalue weighted by Crippen LogP contribution is -2.50. The standard InChI is InChI=1S/C10H21N3O3S/c1-4-9-7-13(6-5-10(9)11-14)17(15,16)12-8(2)3/h8-9,12,14H,4-7H2,1-3H3. The molecule has 1 heterocycles. The second kappa shape index (κ2) is 5.79. The summed E-state index contributed by atoms with van der Waals surface area (Å²) in [7, 11) is -3.41. The van der Waals surface area contributed by atoms with Gasteiger partial charge in [-0.05, 0) is 20.3 Å². The molecular weight excluding hydrogens is 242 g/mol. The number of hydrogen-bond acceptors (Lipinski definition) is 4. The molecule has 0 saturated carbocycles. The Bertz CT molecular complexity index is 378. The Hall–Kier alpha value is -0.660. The number of rotatable bonds is 4.